The van der Waals surface area contributed by atoms with Crippen LogP contribution in [0.5, 0.6) is 5.75 Å². The second kappa shape index (κ2) is 5.30. The Morgan fingerprint density at radius 1 is 1.39 bits per heavy atom. The van der Waals surface area contributed by atoms with E-state index in [0.29, 0.717) is 13.1 Å². The number of carbonyl (C=O) groups excluding carboxylic acids is 1. The van der Waals surface area contributed by atoms with Gasteiger partial charge in [0.1, 0.15) is 5.75 Å². The van der Waals surface area contributed by atoms with Gasteiger partial charge in [0.25, 0.3) is 0 Å². The lowest BCUT2D eigenvalue weighted by Gasteiger charge is -2.35. The molecule has 0 unspecified atom stereocenters. The summed E-state index contributed by atoms with van der Waals surface area (Å²) in [5.41, 5.74) is 0.725. The van der Waals surface area contributed by atoms with Gasteiger partial charge in [-0.25, -0.2) is 0 Å². The van der Waals surface area contributed by atoms with E-state index in [-0.39, 0.29) is 18.1 Å². The summed E-state index contributed by atoms with van der Waals surface area (Å²) in [6, 6.07) is 5.96. The first-order valence-corrected chi connectivity index (χ1v) is 5.54. The summed E-state index contributed by atoms with van der Waals surface area (Å²) in [7, 11) is 0. The summed E-state index contributed by atoms with van der Waals surface area (Å²) in [5, 5.41) is 9.07. The molecule has 0 spiro atoms. The Morgan fingerprint density at radius 3 is 2.50 bits per heavy atom. The molecule has 1 aliphatic heterocycles. The van der Waals surface area contributed by atoms with Gasteiger partial charge >= 0.3 is 6.61 Å². The maximum atomic E-state index is 11.9. The van der Waals surface area contributed by atoms with Crippen LogP contribution in [-0.4, -0.2) is 41.7 Å². The van der Waals surface area contributed by atoms with E-state index < -0.39 is 12.7 Å². The summed E-state index contributed by atoms with van der Waals surface area (Å²) in [6.07, 6.45) is -0.224. The number of nitrogens with zero attached hydrogens (tertiary/aromatic N) is 1. The maximum absolute atomic E-state index is 11.9. The Hall–Kier alpha value is -1.69. The van der Waals surface area contributed by atoms with Crippen molar-refractivity contribution in [2.45, 2.75) is 19.1 Å². The first-order valence-electron chi connectivity index (χ1n) is 5.54. The lowest BCUT2D eigenvalue weighted by molar-refractivity contribution is -0.140. The molecule has 0 saturated carbocycles. The number of hydrogen-bond donors (Lipinski definition) is 1. The van der Waals surface area contributed by atoms with Crippen LogP contribution in [0.2, 0.25) is 0 Å². The third-order valence-electron chi connectivity index (χ3n) is 2.72. The van der Waals surface area contributed by atoms with Gasteiger partial charge in [-0.2, -0.15) is 8.78 Å². The molecule has 98 valence electrons. The average molecular weight is 257 g/mol. The van der Waals surface area contributed by atoms with E-state index >= 15 is 0 Å². The molecule has 18 heavy (non-hydrogen) atoms. The van der Waals surface area contributed by atoms with Gasteiger partial charge in [0, 0.05) is 13.1 Å². The number of rotatable bonds is 4. The van der Waals surface area contributed by atoms with Crippen molar-refractivity contribution >= 4 is 5.91 Å². The van der Waals surface area contributed by atoms with Gasteiger partial charge in [0.2, 0.25) is 5.91 Å². The molecule has 1 heterocycles. The van der Waals surface area contributed by atoms with Crippen LogP contribution < -0.4 is 4.74 Å². The molecule has 1 fully saturated rings. The quantitative estimate of drug-likeness (QED) is 0.876. The van der Waals surface area contributed by atoms with Crippen LogP contribution in [-0.2, 0) is 11.2 Å². The number of benzene rings is 1. The molecule has 1 amide bonds. The van der Waals surface area contributed by atoms with Crippen molar-refractivity contribution in [2.75, 3.05) is 13.1 Å². The van der Waals surface area contributed by atoms with E-state index in [1.54, 1.807) is 17.0 Å². The van der Waals surface area contributed by atoms with E-state index in [1.807, 2.05) is 0 Å². The molecule has 0 radical (unpaired) electrons. The Bertz CT molecular complexity index is 416. The summed E-state index contributed by atoms with van der Waals surface area (Å²) in [6.45, 7) is -2.11. The van der Waals surface area contributed by atoms with E-state index in [4.69, 9.17) is 5.11 Å². The first kappa shape index (κ1) is 12.8. The van der Waals surface area contributed by atoms with Crippen molar-refractivity contribution < 1.29 is 23.4 Å². The number of hydrogen-bond acceptors (Lipinski definition) is 3. The monoisotopic (exact) mass is 257 g/mol. The third-order valence-corrected chi connectivity index (χ3v) is 2.72. The lowest BCUT2D eigenvalue weighted by atomic mass is 10.1. The molecule has 1 aromatic rings. The first-order chi connectivity index (χ1) is 8.54. The molecule has 0 bridgehead atoms. The second-order valence-corrected chi connectivity index (χ2v) is 4.15. The van der Waals surface area contributed by atoms with E-state index in [1.165, 1.54) is 12.1 Å². The normalized spacial score (nSPS) is 15.7. The van der Waals surface area contributed by atoms with Crippen LogP contribution >= 0.6 is 0 Å². The fraction of sp³-hybridized carbons (Fsp3) is 0.417. The third kappa shape index (κ3) is 3.16. The molecule has 0 atom stereocenters. The van der Waals surface area contributed by atoms with Crippen LogP contribution in [0.3, 0.4) is 0 Å². The molecule has 4 nitrogen and oxygen atoms in total. The summed E-state index contributed by atoms with van der Waals surface area (Å²) >= 11 is 0. The Morgan fingerprint density at radius 2 is 2.00 bits per heavy atom. The van der Waals surface area contributed by atoms with Crippen molar-refractivity contribution in [1.82, 2.24) is 4.90 Å². The molecule has 1 aromatic carbocycles. The van der Waals surface area contributed by atoms with Gasteiger partial charge in [-0.15, -0.1) is 0 Å². The van der Waals surface area contributed by atoms with Crippen LogP contribution in [0.15, 0.2) is 24.3 Å². The molecule has 1 saturated heterocycles. The predicted octanol–water partition coefficient (Wildman–Crippen LogP) is 1.03. The molecule has 2 rings (SSSR count). The van der Waals surface area contributed by atoms with Crippen LogP contribution in [0.4, 0.5) is 8.78 Å². The van der Waals surface area contributed by atoms with Gasteiger partial charge in [-0.1, -0.05) is 12.1 Å². The zero-order valence-electron chi connectivity index (χ0n) is 9.55. The highest BCUT2D eigenvalue weighted by atomic mass is 19.3. The fourth-order valence-electron chi connectivity index (χ4n) is 1.73. The highest BCUT2D eigenvalue weighted by molar-refractivity contribution is 5.79. The summed E-state index contributed by atoms with van der Waals surface area (Å²) < 4.78 is 28.0. The molecule has 6 heteroatoms. The Kier molecular flexibility index (Phi) is 3.76. The fourth-order valence-corrected chi connectivity index (χ4v) is 1.73. The van der Waals surface area contributed by atoms with Crippen molar-refractivity contribution in [3.05, 3.63) is 29.8 Å². The lowest BCUT2D eigenvalue weighted by Crippen LogP contribution is -2.53. The minimum atomic E-state index is -2.85. The van der Waals surface area contributed by atoms with Crippen LogP contribution in [0.25, 0.3) is 0 Å². The Labute approximate surface area is 103 Å². The van der Waals surface area contributed by atoms with Crippen molar-refractivity contribution in [2.24, 2.45) is 0 Å². The second-order valence-electron chi connectivity index (χ2n) is 4.15. The zero-order chi connectivity index (χ0) is 13.1. The molecular formula is C12H13F2NO3. The standard InChI is InChI=1S/C12H13F2NO3/c13-12(14)18-10-3-1-8(2-4-10)5-11(17)15-6-9(16)7-15/h1-4,9,12,16H,5-7H2. The van der Waals surface area contributed by atoms with Gasteiger partial charge < -0.3 is 14.7 Å². The van der Waals surface area contributed by atoms with E-state index in [0.717, 1.165) is 5.56 Å². The smallest absolute Gasteiger partial charge is 0.387 e. The number of alkyl halides is 2. The van der Waals surface area contributed by atoms with Gasteiger partial charge in [0.15, 0.2) is 0 Å². The number of likely N-dealkylation sites (tertiary alicyclic amines) is 1. The molecule has 0 aromatic heterocycles. The summed E-state index contributed by atoms with van der Waals surface area (Å²) in [4.78, 5) is 13.2. The van der Waals surface area contributed by atoms with Crippen molar-refractivity contribution in [3.8, 4) is 5.75 Å². The van der Waals surface area contributed by atoms with Crippen LogP contribution in [0.1, 0.15) is 5.56 Å². The zero-order valence-corrected chi connectivity index (χ0v) is 9.55. The number of amides is 1. The van der Waals surface area contributed by atoms with Crippen LogP contribution in [0, 0.1) is 0 Å². The topological polar surface area (TPSA) is 49.8 Å². The number of β-amino-alcohol motifs (C(OH)–C–C–N with tert-alkyl or cyclic N) is 1. The molecule has 1 N–H and O–H groups in total. The van der Waals surface area contributed by atoms with Crippen molar-refractivity contribution in [3.63, 3.8) is 0 Å². The number of aliphatic hydroxyl groups excluding tert-OH is 1. The number of aliphatic hydroxyl groups is 1. The van der Waals surface area contributed by atoms with Gasteiger partial charge in [0.05, 0.1) is 12.5 Å². The minimum absolute atomic E-state index is 0.0700. The predicted molar refractivity (Wildman–Crippen MR) is 59.4 cm³/mol. The highest BCUT2D eigenvalue weighted by Crippen LogP contribution is 2.16. The van der Waals surface area contributed by atoms with Gasteiger partial charge in [-0.3, -0.25) is 4.79 Å². The SMILES string of the molecule is O=C(Cc1ccc(OC(F)F)cc1)N1CC(O)C1. The van der Waals surface area contributed by atoms with Crippen molar-refractivity contribution in [1.29, 1.82) is 0 Å². The molecule has 1 aliphatic rings. The average Bonchev–Trinajstić information content (AvgIpc) is 2.27. The van der Waals surface area contributed by atoms with E-state index in [9.17, 15) is 13.6 Å². The highest BCUT2D eigenvalue weighted by Gasteiger charge is 2.28. The minimum Gasteiger partial charge on any atom is -0.435 e. The molecular weight excluding hydrogens is 244 g/mol. The van der Waals surface area contributed by atoms with E-state index in [2.05, 4.69) is 4.74 Å². The maximum Gasteiger partial charge on any atom is 0.387 e. The van der Waals surface area contributed by atoms with Gasteiger partial charge in [-0.05, 0) is 17.7 Å². The number of carbonyl (C=O) groups is 1. The largest absolute Gasteiger partial charge is 0.435 e. The number of ether oxygens (including phenoxy) is 1. The number of halogens is 2. The Balaban J connectivity index is 1.88. The molecule has 0 aliphatic carbocycles. The summed E-state index contributed by atoms with van der Waals surface area (Å²) in [5.74, 6) is -0.0107.